The van der Waals surface area contributed by atoms with Gasteiger partial charge in [-0.05, 0) is 30.3 Å². The van der Waals surface area contributed by atoms with Gasteiger partial charge in [-0.3, -0.25) is 30.6 Å². The molecule has 0 radical (unpaired) electrons. The quantitative estimate of drug-likeness (QED) is 0.442. The number of nitrogens with one attached hydrogen (secondary N) is 2. The van der Waals surface area contributed by atoms with Gasteiger partial charge in [0, 0.05) is 27.7 Å². The van der Waals surface area contributed by atoms with Crippen LogP contribution in [0.1, 0.15) is 31.1 Å². The van der Waals surface area contributed by atoms with E-state index in [-0.39, 0.29) is 11.1 Å². The summed E-state index contributed by atoms with van der Waals surface area (Å²) < 4.78 is 5.29. The van der Waals surface area contributed by atoms with Gasteiger partial charge in [0.25, 0.3) is 17.5 Å². The van der Waals surface area contributed by atoms with Crippen LogP contribution in [-0.4, -0.2) is 29.8 Å². The number of rotatable bonds is 4. The summed E-state index contributed by atoms with van der Waals surface area (Å²) in [6, 6.07) is 9.47. The Bertz CT molecular complexity index is 882. The van der Waals surface area contributed by atoms with Gasteiger partial charge in [0.05, 0.1) is 17.6 Å². The Morgan fingerprint density at radius 1 is 0.962 bits per heavy atom. The van der Waals surface area contributed by atoms with Crippen molar-refractivity contribution in [3.63, 3.8) is 0 Å². The van der Waals surface area contributed by atoms with Crippen LogP contribution >= 0.6 is 15.9 Å². The molecular weight excluding hydrogens is 410 g/mol. The van der Waals surface area contributed by atoms with E-state index in [4.69, 9.17) is 0 Å². The first kappa shape index (κ1) is 19.1. The lowest BCUT2D eigenvalue weighted by atomic mass is 10.1. The van der Waals surface area contributed by atoms with Crippen LogP contribution in [0.4, 0.5) is 5.69 Å². The fourth-order valence-electron chi connectivity index (χ4n) is 1.94. The van der Waals surface area contributed by atoms with Crippen LogP contribution in [0.3, 0.4) is 0 Å². The summed E-state index contributed by atoms with van der Waals surface area (Å²) in [6.07, 6.45) is 0. The molecule has 0 spiro atoms. The number of benzene rings is 2. The van der Waals surface area contributed by atoms with Crippen LogP contribution in [0.25, 0.3) is 0 Å². The third-order valence-electron chi connectivity index (χ3n) is 3.21. The number of non-ortho nitro benzene ring substituents is 1. The number of amides is 2. The maximum atomic E-state index is 12.2. The molecule has 0 saturated carbocycles. The molecule has 0 atom stereocenters. The van der Waals surface area contributed by atoms with E-state index in [9.17, 15) is 24.5 Å². The highest BCUT2D eigenvalue weighted by molar-refractivity contribution is 9.10. The Morgan fingerprint density at radius 2 is 1.50 bits per heavy atom. The van der Waals surface area contributed by atoms with E-state index in [1.165, 1.54) is 12.1 Å². The second kappa shape index (κ2) is 8.21. The summed E-state index contributed by atoms with van der Waals surface area (Å²) in [5, 5.41) is 11.0. The first-order valence-corrected chi connectivity index (χ1v) is 7.85. The smallest absolute Gasteiger partial charge is 0.338 e. The maximum absolute atomic E-state index is 12.2. The second-order valence-electron chi connectivity index (χ2n) is 4.93. The number of esters is 1. The number of ether oxygens (including phenoxy) is 1. The topological polar surface area (TPSA) is 128 Å². The molecule has 0 aliphatic rings. The summed E-state index contributed by atoms with van der Waals surface area (Å²) in [5.41, 5.74) is 3.81. The Morgan fingerprint density at radius 3 is 2.04 bits per heavy atom. The fourth-order valence-corrected chi connectivity index (χ4v) is 2.21. The summed E-state index contributed by atoms with van der Waals surface area (Å²) in [7, 11) is 1.11. The van der Waals surface area contributed by atoms with Crippen molar-refractivity contribution < 1.29 is 24.0 Å². The lowest BCUT2D eigenvalue weighted by Gasteiger charge is -2.08. The minimum atomic E-state index is -0.832. The highest BCUT2D eigenvalue weighted by Gasteiger charge is 2.18. The molecule has 0 saturated heterocycles. The SMILES string of the molecule is COC(=O)c1cc(C(=O)NNC(=O)c2ccc(Br)cc2)cc([N+](=O)[O-])c1. The number of carbonyl (C=O) groups excluding carboxylic acids is 3. The Labute approximate surface area is 155 Å². The zero-order valence-corrected chi connectivity index (χ0v) is 14.9. The van der Waals surface area contributed by atoms with E-state index in [1.54, 1.807) is 12.1 Å². The van der Waals surface area contributed by atoms with E-state index >= 15 is 0 Å². The van der Waals surface area contributed by atoms with E-state index in [0.29, 0.717) is 5.56 Å². The molecule has 10 heteroatoms. The van der Waals surface area contributed by atoms with Gasteiger partial charge in [-0.15, -0.1) is 0 Å². The number of nitro benzene ring substituents is 1. The summed E-state index contributed by atoms with van der Waals surface area (Å²) in [4.78, 5) is 45.9. The highest BCUT2D eigenvalue weighted by Crippen LogP contribution is 2.18. The van der Waals surface area contributed by atoms with Crippen molar-refractivity contribution in [3.05, 3.63) is 73.7 Å². The van der Waals surface area contributed by atoms with Crippen molar-refractivity contribution in [1.29, 1.82) is 0 Å². The Kier molecular flexibility index (Phi) is 6.02. The van der Waals surface area contributed by atoms with E-state index < -0.39 is 28.4 Å². The normalized spacial score (nSPS) is 9.92. The van der Waals surface area contributed by atoms with Crippen LogP contribution in [0, 0.1) is 10.1 Å². The molecule has 2 N–H and O–H groups in total. The molecule has 0 heterocycles. The average molecular weight is 422 g/mol. The molecule has 0 bridgehead atoms. The minimum absolute atomic E-state index is 0.161. The lowest BCUT2D eigenvalue weighted by Crippen LogP contribution is -2.41. The van der Waals surface area contributed by atoms with E-state index in [2.05, 4.69) is 31.5 Å². The molecule has 0 aliphatic carbocycles. The van der Waals surface area contributed by atoms with Crippen molar-refractivity contribution in [2.24, 2.45) is 0 Å². The number of carbonyl (C=O) groups is 3. The van der Waals surface area contributed by atoms with Gasteiger partial charge in [-0.2, -0.15) is 0 Å². The van der Waals surface area contributed by atoms with Crippen molar-refractivity contribution in [1.82, 2.24) is 10.9 Å². The standard InChI is InChI=1S/C16H12BrN3O6/c1-26-16(23)11-6-10(7-13(8-11)20(24)25)15(22)19-18-14(21)9-2-4-12(17)5-3-9/h2-8H,1H3,(H,18,21)(H,19,22). The number of methoxy groups -OCH3 is 1. The first-order chi connectivity index (χ1) is 12.3. The third kappa shape index (κ3) is 4.63. The minimum Gasteiger partial charge on any atom is -0.465 e. The van der Waals surface area contributed by atoms with Gasteiger partial charge in [0.15, 0.2) is 0 Å². The number of hydrogen-bond donors (Lipinski definition) is 2. The summed E-state index contributed by atoms with van der Waals surface area (Å²) in [6.45, 7) is 0. The largest absolute Gasteiger partial charge is 0.465 e. The predicted molar refractivity (Wildman–Crippen MR) is 93.5 cm³/mol. The van der Waals surface area contributed by atoms with Crippen molar-refractivity contribution in [2.75, 3.05) is 7.11 Å². The van der Waals surface area contributed by atoms with Gasteiger partial charge < -0.3 is 4.74 Å². The number of hydrazine groups is 1. The summed E-state index contributed by atoms with van der Waals surface area (Å²) in [5.74, 6) is -2.24. The lowest BCUT2D eigenvalue weighted by molar-refractivity contribution is -0.384. The number of nitrogens with zero attached hydrogens (tertiary/aromatic N) is 1. The van der Waals surface area contributed by atoms with Gasteiger partial charge >= 0.3 is 5.97 Å². The molecule has 0 aliphatic heterocycles. The molecule has 0 fully saturated rings. The molecule has 0 aromatic heterocycles. The van der Waals surface area contributed by atoms with Gasteiger partial charge in [0.2, 0.25) is 0 Å². The van der Waals surface area contributed by atoms with Gasteiger partial charge in [0.1, 0.15) is 0 Å². The molecule has 26 heavy (non-hydrogen) atoms. The third-order valence-corrected chi connectivity index (χ3v) is 3.74. The second-order valence-corrected chi connectivity index (χ2v) is 5.85. The maximum Gasteiger partial charge on any atom is 0.338 e. The zero-order valence-electron chi connectivity index (χ0n) is 13.3. The molecular formula is C16H12BrN3O6. The zero-order chi connectivity index (χ0) is 19.3. The summed E-state index contributed by atoms with van der Waals surface area (Å²) >= 11 is 3.24. The molecule has 0 unspecified atom stereocenters. The highest BCUT2D eigenvalue weighted by atomic mass is 79.9. The number of halogens is 1. The molecule has 2 aromatic rings. The monoisotopic (exact) mass is 421 g/mol. The van der Waals surface area contributed by atoms with Gasteiger partial charge in [-0.1, -0.05) is 15.9 Å². The first-order valence-electron chi connectivity index (χ1n) is 7.06. The van der Waals surface area contributed by atoms with E-state index in [1.807, 2.05) is 0 Å². The fraction of sp³-hybridized carbons (Fsp3) is 0.0625. The van der Waals surface area contributed by atoms with Crippen LogP contribution in [0.2, 0.25) is 0 Å². The van der Waals surface area contributed by atoms with Crippen LogP contribution in [0.15, 0.2) is 46.9 Å². The average Bonchev–Trinajstić information content (AvgIpc) is 2.65. The number of hydrogen-bond acceptors (Lipinski definition) is 6. The van der Waals surface area contributed by atoms with Crippen LogP contribution in [-0.2, 0) is 4.74 Å². The Hall–Kier alpha value is -3.27. The van der Waals surface area contributed by atoms with Crippen LogP contribution in [0.5, 0.6) is 0 Å². The molecule has 2 rings (SSSR count). The molecule has 2 aromatic carbocycles. The number of nitro groups is 1. The molecule has 2 amide bonds. The van der Waals surface area contributed by atoms with Crippen molar-refractivity contribution >= 4 is 39.4 Å². The van der Waals surface area contributed by atoms with Crippen molar-refractivity contribution in [2.45, 2.75) is 0 Å². The molecule has 134 valence electrons. The Balaban J connectivity index is 2.16. The molecule has 9 nitrogen and oxygen atoms in total. The van der Waals surface area contributed by atoms with Gasteiger partial charge in [-0.25, -0.2) is 4.79 Å². The van der Waals surface area contributed by atoms with Crippen LogP contribution < -0.4 is 10.9 Å². The van der Waals surface area contributed by atoms with Crippen molar-refractivity contribution in [3.8, 4) is 0 Å². The van der Waals surface area contributed by atoms with E-state index in [0.717, 1.165) is 29.8 Å². The predicted octanol–water partition coefficient (Wildman–Crippen LogP) is 2.22.